The van der Waals surface area contributed by atoms with Crippen LogP contribution in [-0.4, -0.2) is 40.5 Å². The minimum Gasteiger partial charge on any atom is -0.488 e. The molecule has 1 saturated carbocycles. The van der Waals surface area contributed by atoms with Gasteiger partial charge in [0.05, 0.1) is 10.7 Å². The fraction of sp³-hybridized carbons (Fsp3) is 0.452. The summed E-state index contributed by atoms with van der Waals surface area (Å²) in [5, 5.41) is 10.4. The summed E-state index contributed by atoms with van der Waals surface area (Å²) in [4.78, 5) is 28.3. The highest BCUT2D eigenvalue weighted by Gasteiger charge is 2.21. The first kappa shape index (κ1) is 27.8. The van der Waals surface area contributed by atoms with Gasteiger partial charge < -0.3 is 14.7 Å². The molecular weight excluding hydrogens is 496 g/mol. The van der Waals surface area contributed by atoms with Crippen LogP contribution in [0.15, 0.2) is 41.8 Å². The van der Waals surface area contributed by atoms with Crippen molar-refractivity contribution in [2.45, 2.75) is 77.7 Å². The lowest BCUT2D eigenvalue weighted by atomic mass is 9.90. The Morgan fingerprint density at radius 2 is 1.76 bits per heavy atom. The minimum atomic E-state index is -0.250. The van der Waals surface area contributed by atoms with E-state index < -0.39 is 0 Å². The van der Waals surface area contributed by atoms with Gasteiger partial charge in [0, 0.05) is 35.5 Å². The number of carbonyl (C=O) groups excluding carboxylic acids is 1. The number of amides is 1. The molecule has 2 aliphatic rings. The van der Waals surface area contributed by atoms with Gasteiger partial charge >= 0.3 is 0 Å². The number of thiazole rings is 1. The molecule has 3 aromatic rings. The van der Waals surface area contributed by atoms with E-state index >= 15 is 0 Å². The molecule has 0 spiro atoms. The summed E-state index contributed by atoms with van der Waals surface area (Å²) in [6.07, 6.45) is 9.97. The molecular formula is C31H38N2O4S. The second kappa shape index (κ2) is 13.6. The summed E-state index contributed by atoms with van der Waals surface area (Å²) in [6, 6.07) is 12.4. The third-order valence-electron chi connectivity index (χ3n) is 7.50. The summed E-state index contributed by atoms with van der Waals surface area (Å²) in [5.74, 6) is 1.63. The summed E-state index contributed by atoms with van der Waals surface area (Å²) in [5.41, 5.74) is 6.27. The predicted octanol–water partition coefficient (Wildman–Crippen LogP) is 7.38. The van der Waals surface area contributed by atoms with E-state index in [0.717, 1.165) is 59.6 Å². The number of carboxylic acid groups (broad SMARTS) is 1. The zero-order valence-electron chi connectivity index (χ0n) is 22.4. The molecule has 1 N–H and O–H groups in total. The van der Waals surface area contributed by atoms with Crippen LogP contribution < -0.4 is 4.74 Å². The van der Waals surface area contributed by atoms with Crippen molar-refractivity contribution in [1.82, 2.24) is 9.88 Å². The maximum absolute atomic E-state index is 12.9. The number of piperidine rings is 1. The molecule has 202 valence electrons. The van der Waals surface area contributed by atoms with Gasteiger partial charge in [-0.2, -0.15) is 0 Å². The molecule has 0 radical (unpaired) electrons. The molecule has 0 bridgehead atoms. The molecule has 7 heteroatoms. The zero-order chi connectivity index (χ0) is 26.9. The SMILES string of the molecule is Cc1ccc(OCc2ccc(C(=O)N3CCCCC3)cc2C)c(-c2csc(C3CCCCC3)n2)c1.O=CO. The first-order valence-corrected chi connectivity index (χ1v) is 14.5. The molecule has 1 aromatic heterocycles. The molecule has 6 nitrogen and oxygen atoms in total. The van der Waals surface area contributed by atoms with Gasteiger partial charge in [0.25, 0.3) is 12.4 Å². The van der Waals surface area contributed by atoms with E-state index in [1.807, 2.05) is 23.1 Å². The quantitative estimate of drug-likeness (QED) is 0.334. The van der Waals surface area contributed by atoms with E-state index in [2.05, 4.69) is 37.4 Å². The third kappa shape index (κ3) is 7.01. The molecule has 2 aromatic carbocycles. The number of likely N-dealkylation sites (tertiary alicyclic amines) is 1. The maximum atomic E-state index is 12.9. The van der Waals surface area contributed by atoms with Crippen LogP contribution >= 0.6 is 11.3 Å². The Hall–Kier alpha value is -3.19. The zero-order valence-corrected chi connectivity index (χ0v) is 23.3. The van der Waals surface area contributed by atoms with Crippen molar-refractivity contribution in [3.8, 4) is 17.0 Å². The van der Waals surface area contributed by atoms with Gasteiger partial charge in [-0.15, -0.1) is 11.3 Å². The summed E-state index contributed by atoms with van der Waals surface area (Å²) < 4.78 is 6.35. The molecule has 2 heterocycles. The highest BCUT2D eigenvalue weighted by molar-refractivity contribution is 7.10. The third-order valence-corrected chi connectivity index (χ3v) is 8.51. The lowest BCUT2D eigenvalue weighted by Crippen LogP contribution is -2.35. The molecule has 0 unspecified atom stereocenters. The highest BCUT2D eigenvalue weighted by atomic mass is 32.1. The Bertz CT molecular complexity index is 1230. The monoisotopic (exact) mass is 534 g/mol. The smallest absolute Gasteiger partial charge is 0.290 e. The van der Waals surface area contributed by atoms with Gasteiger partial charge in [-0.25, -0.2) is 4.98 Å². The van der Waals surface area contributed by atoms with Gasteiger partial charge in [0.1, 0.15) is 12.4 Å². The van der Waals surface area contributed by atoms with E-state index in [9.17, 15) is 4.79 Å². The molecule has 1 amide bonds. The fourth-order valence-electron chi connectivity index (χ4n) is 5.34. The topological polar surface area (TPSA) is 79.7 Å². The predicted molar refractivity (Wildman–Crippen MR) is 152 cm³/mol. The maximum Gasteiger partial charge on any atom is 0.290 e. The first-order valence-electron chi connectivity index (χ1n) is 13.7. The van der Waals surface area contributed by atoms with Crippen LogP contribution in [0.5, 0.6) is 5.75 Å². The number of hydrogen-bond donors (Lipinski definition) is 1. The standard InChI is InChI=1S/C30H36N2O2S.CH2O2/c1-21-11-14-28(26(17-21)27-20-35-29(31-27)23-9-5-3-6-10-23)34-19-25-13-12-24(18-22(25)2)30(33)32-15-7-4-8-16-32;2-1-3/h11-14,17-18,20,23H,3-10,15-16,19H2,1-2H3;1H,(H,2,3). The largest absolute Gasteiger partial charge is 0.488 e. The first-order chi connectivity index (χ1) is 18.5. The fourth-order valence-corrected chi connectivity index (χ4v) is 6.34. The van der Waals surface area contributed by atoms with Crippen molar-refractivity contribution in [1.29, 1.82) is 0 Å². The van der Waals surface area contributed by atoms with Crippen LogP contribution in [0.4, 0.5) is 0 Å². The summed E-state index contributed by atoms with van der Waals surface area (Å²) >= 11 is 1.80. The van der Waals surface area contributed by atoms with Crippen LogP contribution in [0.2, 0.25) is 0 Å². The van der Waals surface area contributed by atoms with Crippen molar-refractivity contribution in [2.24, 2.45) is 0 Å². The van der Waals surface area contributed by atoms with Crippen LogP contribution in [-0.2, 0) is 11.4 Å². The van der Waals surface area contributed by atoms with Gasteiger partial charge in [0.2, 0.25) is 0 Å². The van der Waals surface area contributed by atoms with Crippen LogP contribution in [0.1, 0.15) is 89.3 Å². The molecule has 5 rings (SSSR count). The molecule has 1 aliphatic heterocycles. The highest BCUT2D eigenvalue weighted by Crippen LogP contribution is 2.38. The number of aryl methyl sites for hydroxylation is 2. The normalized spacial score (nSPS) is 15.9. The van der Waals surface area contributed by atoms with Crippen molar-refractivity contribution in [2.75, 3.05) is 13.1 Å². The Morgan fingerprint density at radius 1 is 1.05 bits per heavy atom. The minimum absolute atomic E-state index is 0.151. The van der Waals surface area contributed by atoms with E-state index in [1.54, 1.807) is 11.3 Å². The van der Waals surface area contributed by atoms with E-state index in [4.69, 9.17) is 19.6 Å². The Kier molecular flexibility index (Phi) is 9.93. The van der Waals surface area contributed by atoms with Gasteiger partial charge in [0.15, 0.2) is 0 Å². The average Bonchev–Trinajstić information content (AvgIpc) is 3.44. The molecule has 2 fully saturated rings. The number of aromatic nitrogens is 1. The van der Waals surface area contributed by atoms with Crippen molar-refractivity contribution >= 4 is 23.7 Å². The second-order valence-corrected chi connectivity index (χ2v) is 11.2. The number of hydrogen-bond acceptors (Lipinski definition) is 5. The number of nitrogens with zero attached hydrogens (tertiary/aromatic N) is 2. The second-order valence-electron chi connectivity index (χ2n) is 10.3. The molecule has 38 heavy (non-hydrogen) atoms. The van der Waals surface area contributed by atoms with Crippen LogP contribution in [0, 0.1) is 13.8 Å². The lowest BCUT2D eigenvalue weighted by molar-refractivity contribution is -0.122. The van der Waals surface area contributed by atoms with E-state index in [-0.39, 0.29) is 12.4 Å². The van der Waals surface area contributed by atoms with Gasteiger partial charge in [-0.05, 0) is 81.3 Å². The molecule has 1 saturated heterocycles. The number of benzene rings is 2. The van der Waals surface area contributed by atoms with Gasteiger partial charge in [-0.3, -0.25) is 9.59 Å². The van der Waals surface area contributed by atoms with E-state index in [0.29, 0.717) is 12.5 Å². The van der Waals surface area contributed by atoms with Crippen molar-refractivity contribution in [3.63, 3.8) is 0 Å². The van der Waals surface area contributed by atoms with Gasteiger partial charge in [-0.1, -0.05) is 37.0 Å². The average molecular weight is 535 g/mol. The van der Waals surface area contributed by atoms with Crippen LogP contribution in [0.3, 0.4) is 0 Å². The van der Waals surface area contributed by atoms with Crippen LogP contribution in [0.25, 0.3) is 11.3 Å². The lowest BCUT2D eigenvalue weighted by Gasteiger charge is -2.27. The summed E-state index contributed by atoms with van der Waals surface area (Å²) in [7, 11) is 0. The Balaban J connectivity index is 0.00000107. The molecule has 1 aliphatic carbocycles. The van der Waals surface area contributed by atoms with Crippen molar-refractivity contribution in [3.05, 3.63) is 69.0 Å². The summed E-state index contributed by atoms with van der Waals surface area (Å²) in [6.45, 7) is 6.15. The molecule has 0 atom stereocenters. The number of carbonyl (C=O) groups is 2. The number of ether oxygens (including phenoxy) is 1. The van der Waals surface area contributed by atoms with E-state index in [1.165, 1.54) is 49.1 Å². The Labute approximate surface area is 229 Å². The Morgan fingerprint density at radius 3 is 2.47 bits per heavy atom. The van der Waals surface area contributed by atoms with Crippen molar-refractivity contribution < 1.29 is 19.4 Å². The number of rotatable bonds is 6.